The van der Waals surface area contributed by atoms with Gasteiger partial charge in [0, 0.05) is 11.6 Å². The third kappa shape index (κ3) is 4.23. The van der Waals surface area contributed by atoms with E-state index in [0.29, 0.717) is 5.92 Å². The van der Waals surface area contributed by atoms with E-state index in [1.54, 1.807) is 0 Å². The van der Waals surface area contributed by atoms with E-state index in [2.05, 4.69) is 38.2 Å². The van der Waals surface area contributed by atoms with E-state index in [0.717, 1.165) is 24.5 Å². The summed E-state index contributed by atoms with van der Waals surface area (Å²) in [5, 5.41) is 4.17. The summed E-state index contributed by atoms with van der Waals surface area (Å²) in [5.41, 5.74) is 2.58. The fraction of sp³-hybridized carbons (Fsp3) is 0.538. The zero-order valence-electron chi connectivity index (χ0n) is 9.81. The zero-order valence-corrected chi connectivity index (χ0v) is 10.6. The highest BCUT2D eigenvalue weighted by Crippen LogP contribution is 2.19. The van der Waals surface area contributed by atoms with Gasteiger partial charge in [0.15, 0.2) is 0 Å². The Morgan fingerprint density at radius 1 is 1.33 bits per heavy atom. The minimum absolute atomic E-state index is 0.693. The van der Waals surface area contributed by atoms with Gasteiger partial charge >= 0.3 is 0 Å². The van der Waals surface area contributed by atoms with Crippen molar-refractivity contribution >= 4 is 11.6 Å². The number of rotatable bonds is 5. The average Bonchev–Trinajstić information content (AvgIpc) is 2.18. The molecule has 1 aromatic rings. The highest BCUT2D eigenvalue weighted by Gasteiger charge is 2.03. The lowest BCUT2D eigenvalue weighted by atomic mass is 10.0. The van der Waals surface area contributed by atoms with Crippen LogP contribution in [0.1, 0.15) is 31.9 Å². The predicted octanol–water partition coefficient (Wildman–Crippen LogP) is 3.65. The maximum absolute atomic E-state index is 6.13. The molecule has 1 rings (SSSR count). The number of halogens is 1. The zero-order chi connectivity index (χ0) is 11.3. The standard InChI is InChI=1S/C13H20ClN/c1-4-15-9-12-8-11(7-10(2)3)5-6-13(12)14/h5-6,8,10,15H,4,7,9H2,1-3H3. The van der Waals surface area contributed by atoms with Gasteiger partial charge in [-0.05, 0) is 36.1 Å². The Balaban J connectivity index is 2.75. The largest absolute Gasteiger partial charge is 0.313 e. The van der Waals surface area contributed by atoms with Crippen molar-refractivity contribution in [1.82, 2.24) is 5.32 Å². The Morgan fingerprint density at radius 3 is 2.67 bits per heavy atom. The summed E-state index contributed by atoms with van der Waals surface area (Å²) in [5.74, 6) is 0.693. The lowest BCUT2D eigenvalue weighted by Crippen LogP contribution is -2.12. The molecule has 0 heterocycles. The van der Waals surface area contributed by atoms with E-state index in [4.69, 9.17) is 11.6 Å². The van der Waals surface area contributed by atoms with E-state index in [-0.39, 0.29) is 0 Å². The van der Waals surface area contributed by atoms with Crippen molar-refractivity contribution in [2.45, 2.75) is 33.7 Å². The number of nitrogens with one attached hydrogen (secondary N) is 1. The summed E-state index contributed by atoms with van der Waals surface area (Å²) in [6, 6.07) is 6.34. The van der Waals surface area contributed by atoms with E-state index in [1.165, 1.54) is 11.1 Å². The Bertz CT molecular complexity index is 307. The van der Waals surface area contributed by atoms with Gasteiger partial charge in [0.2, 0.25) is 0 Å². The van der Waals surface area contributed by atoms with Crippen LogP contribution in [0, 0.1) is 5.92 Å². The molecule has 0 aliphatic rings. The van der Waals surface area contributed by atoms with Crippen LogP contribution in [-0.4, -0.2) is 6.54 Å². The summed E-state index contributed by atoms with van der Waals surface area (Å²) in [6.07, 6.45) is 1.12. The smallest absolute Gasteiger partial charge is 0.0451 e. The van der Waals surface area contributed by atoms with Crippen molar-refractivity contribution in [2.75, 3.05) is 6.54 Å². The Hall–Kier alpha value is -0.530. The molecule has 2 heteroatoms. The third-order valence-electron chi connectivity index (χ3n) is 2.32. The lowest BCUT2D eigenvalue weighted by Gasteiger charge is -2.09. The molecule has 1 aromatic carbocycles. The van der Waals surface area contributed by atoms with Crippen LogP contribution in [0.2, 0.25) is 5.02 Å². The fourth-order valence-corrected chi connectivity index (χ4v) is 1.81. The molecule has 0 unspecified atom stereocenters. The first-order valence-corrected chi connectivity index (χ1v) is 5.99. The minimum Gasteiger partial charge on any atom is -0.313 e. The normalized spacial score (nSPS) is 11.0. The van der Waals surface area contributed by atoms with Crippen LogP contribution in [0.5, 0.6) is 0 Å². The minimum atomic E-state index is 0.693. The second-order valence-corrected chi connectivity index (χ2v) is 4.71. The summed E-state index contributed by atoms with van der Waals surface area (Å²) in [7, 11) is 0. The fourth-order valence-electron chi connectivity index (χ4n) is 1.62. The summed E-state index contributed by atoms with van der Waals surface area (Å²) >= 11 is 6.13. The van der Waals surface area contributed by atoms with E-state index < -0.39 is 0 Å². The molecule has 0 aliphatic heterocycles. The van der Waals surface area contributed by atoms with Crippen molar-refractivity contribution < 1.29 is 0 Å². The molecule has 0 spiro atoms. The molecule has 0 aliphatic carbocycles. The molecule has 0 bridgehead atoms. The number of benzene rings is 1. The molecule has 0 aromatic heterocycles. The summed E-state index contributed by atoms with van der Waals surface area (Å²) < 4.78 is 0. The van der Waals surface area contributed by atoms with Crippen LogP contribution in [-0.2, 0) is 13.0 Å². The topological polar surface area (TPSA) is 12.0 Å². The van der Waals surface area contributed by atoms with Crippen LogP contribution in [0.3, 0.4) is 0 Å². The molecule has 1 N–H and O–H groups in total. The molecule has 0 radical (unpaired) electrons. The van der Waals surface area contributed by atoms with Crippen molar-refractivity contribution in [3.63, 3.8) is 0 Å². The van der Waals surface area contributed by atoms with Crippen molar-refractivity contribution in [3.05, 3.63) is 34.3 Å². The van der Waals surface area contributed by atoms with Crippen molar-refractivity contribution in [2.24, 2.45) is 5.92 Å². The predicted molar refractivity (Wildman–Crippen MR) is 67.4 cm³/mol. The first-order valence-electron chi connectivity index (χ1n) is 5.61. The third-order valence-corrected chi connectivity index (χ3v) is 2.69. The highest BCUT2D eigenvalue weighted by atomic mass is 35.5. The van der Waals surface area contributed by atoms with Gasteiger partial charge < -0.3 is 5.32 Å². The van der Waals surface area contributed by atoms with Crippen molar-refractivity contribution in [3.8, 4) is 0 Å². The van der Waals surface area contributed by atoms with Crippen LogP contribution in [0.15, 0.2) is 18.2 Å². The monoisotopic (exact) mass is 225 g/mol. The maximum Gasteiger partial charge on any atom is 0.0451 e. The highest BCUT2D eigenvalue weighted by molar-refractivity contribution is 6.31. The van der Waals surface area contributed by atoms with Gasteiger partial charge in [0.25, 0.3) is 0 Å². The molecule has 0 saturated carbocycles. The molecular weight excluding hydrogens is 206 g/mol. The number of hydrogen-bond donors (Lipinski definition) is 1. The first kappa shape index (κ1) is 12.5. The second-order valence-electron chi connectivity index (χ2n) is 4.30. The van der Waals surface area contributed by atoms with Crippen molar-refractivity contribution in [1.29, 1.82) is 0 Å². The Kier molecular flexibility index (Phi) is 5.13. The quantitative estimate of drug-likeness (QED) is 0.807. The first-order chi connectivity index (χ1) is 7.13. The maximum atomic E-state index is 6.13. The van der Waals surface area contributed by atoms with Gasteiger partial charge in [0.05, 0.1) is 0 Å². The SMILES string of the molecule is CCNCc1cc(CC(C)C)ccc1Cl. The summed E-state index contributed by atoms with van der Waals surface area (Å²) in [4.78, 5) is 0. The van der Waals surface area contributed by atoms with Gasteiger partial charge in [-0.1, -0.05) is 44.5 Å². The van der Waals surface area contributed by atoms with Gasteiger partial charge in [0.1, 0.15) is 0 Å². The molecule has 0 fully saturated rings. The van der Waals surface area contributed by atoms with E-state index in [9.17, 15) is 0 Å². The van der Waals surface area contributed by atoms with Crippen LogP contribution in [0.4, 0.5) is 0 Å². The van der Waals surface area contributed by atoms with Gasteiger partial charge in [-0.15, -0.1) is 0 Å². The van der Waals surface area contributed by atoms with Crippen LogP contribution in [0.25, 0.3) is 0 Å². The molecule has 1 nitrogen and oxygen atoms in total. The Labute approximate surface area is 97.8 Å². The average molecular weight is 226 g/mol. The molecule has 15 heavy (non-hydrogen) atoms. The lowest BCUT2D eigenvalue weighted by molar-refractivity contribution is 0.645. The van der Waals surface area contributed by atoms with E-state index in [1.807, 2.05) is 6.07 Å². The van der Waals surface area contributed by atoms with Gasteiger partial charge in [-0.3, -0.25) is 0 Å². The molecular formula is C13H20ClN. The Morgan fingerprint density at radius 2 is 2.07 bits per heavy atom. The number of hydrogen-bond acceptors (Lipinski definition) is 1. The summed E-state index contributed by atoms with van der Waals surface area (Å²) in [6.45, 7) is 8.41. The van der Waals surface area contributed by atoms with Gasteiger partial charge in [-0.25, -0.2) is 0 Å². The van der Waals surface area contributed by atoms with Gasteiger partial charge in [-0.2, -0.15) is 0 Å². The van der Waals surface area contributed by atoms with E-state index >= 15 is 0 Å². The molecule has 84 valence electrons. The molecule has 0 amide bonds. The van der Waals surface area contributed by atoms with Crippen LogP contribution >= 0.6 is 11.6 Å². The van der Waals surface area contributed by atoms with Crippen LogP contribution < -0.4 is 5.32 Å². The molecule has 0 atom stereocenters. The second kappa shape index (κ2) is 6.14. The molecule has 0 saturated heterocycles.